The highest BCUT2D eigenvalue weighted by Gasteiger charge is 2.09. The highest BCUT2D eigenvalue weighted by atomic mass is 19.1. The van der Waals surface area contributed by atoms with Crippen LogP contribution in [0.2, 0.25) is 0 Å². The van der Waals surface area contributed by atoms with E-state index in [1.54, 1.807) is 6.92 Å². The van der Waals surface area contributed by atoms with Crippen LogP contribution >= 0.6 is 0 Å². The maximum atomic E-state index is 13.0. The topological polar surface area (TPSA) is 77.2 Å². The van der Waals surface area contributed by atoms with Gasteiger partial charge in [-0.1, -0.05) is 5.16 Å². The monoisotopic (exact) mass is 293 g/mol. The van der Waals surface area contributed by atoms with Gasteiger partial charge < -0.3 is 14.6 Å². The Bertz CT molecular complexity index is 628. The average molecular weight is 293 g/mol. The number of amides is 1. The van der Waals surface area contributed by atoms with Crippen molar-refractivity contribution in [2.75, 3.05) is 12.4 Å². The van der Waals surface area contributed by atoms with Crippen LogP contribution in [0.15, 0.2) is 22.7 Å². The van der Waals surface area contributed by atoms with Gasteiger partial charge in [0.15, 0.2) is 5.82 Å². The zero-order chi connectivity index (χ0) is 15.2. The van der Waals surface area contributed by atoms with Gasteiger partial charge in [0.05, 0.1) is 12.8 Å². The molecule has 0 aliphatic rings. The standard InChI is InChI=1S/C14H16FN3O3/c1-9-16-14(21-18-9)5-3-4-13(19)17-11-7-6-10(15)8-12(11)20-2/h6-8H,3-5H2,1-2H3,(H,17,19). The predicted molar refractivity (Wildman–Crippen MR) is 73.6 cm³/mol. The van der Waals surface area contributed by atoms with Crippen LogP contribution in [0.5, 0.6) is 5.75 Å². The SMILES string of the molecule is COc1cc(F)ccc1NC(=O)CCCc1nc(C)no1. The second-order valence-corrected chi connectivity index (χ2v) is 4.48. The van der Waals surface area contributed by atoms with Crippen LogP contribution < -0.4 is 10.1 Å². The molecular formula is C14H16FN3O3. The molecule has 1 heterocycles. The van der Waals surface area contributed by atoms with Crippen LogP contribution in [0.25, 0.3) is 0 Å². The molecule has 1 aromatic heterocycles. The first-order chi connectivity index (χ1) is 10.1. The number of ether oxygens (including phenoxy) is 1. The number of nitrogens with one attached hydrogen (secondary N) is 1. The lowest BCUT2D eigenvalue weighted by atomic mass is 10.2. The summed E-state index contributed by atoms with van der Waals surface area (Å²) in [7, 11) is 1.42. The zero-order valence-electron chi connectivity index (χ0n) is 11.9. The number of carbonyl (C=O) groups excluding carboxylic acids is 1. The van der Waals surface area contributed by atoms with Crippen molar-refractivity contribution < 1.29 is 18.4 Å². The smallest absolute Gasteiger partial charge is 0.226 e. The van der Waals surface area contributed by atoms with Gasteiger partial charge >= 0.3 is 0 Å². The van der Waals surface area contributed by atoms with Crippen LogP contribution in [0.4, 0.5) is 10.1 Å². The van der Waals surface area contributed by atoms with E-state index in [2.05, 4.69) is 15.5 Å². The number of aromatic nitrogens is 2. The predicted octanol–water partition coefficient (Wildman–Crippen LogP) is 2.49. The Morgan fingerprint density at radius 1 is 1.48 bits per heavy atom. The molecule has 7 heteroatoms. The van der Waals surface area contributed by atoms with Crippen LogP contribution in [0.1, 0.15) is 24.6 Å². The molecular weight excluding hydrogens is 277 g/mol. The Hall–Kier alpha value is -2.44. The van der Waals surface area contributed by atoms with Crippen molar-refractivity contribution in [2.24, 2.45) is 0 Å². The minimum atomic E-state index is -0.420. The van der Waals surface area contributed by atoms with Gasteiger partial charge in [-0.05, 0) is 25.5 Å². The molecule has 1 aromatic carbocycles. The summed E-state index contributed by atoms with van der Waals surface area (Å²) in [6, 6.07) is 3.95. The number of benzene rings is 1. The minimum absolute atomic E-state index is 0.184. The Kier molecular flexibility index (Phi) is 4.86. The van der Waals surface area contributed by atoms with Crippen molar-refractivity contribution in [1.82, 2.24) is 10.1 Å². The summed E-state index contributed by atoms with van der Waals surface area (Å²) in [5.41, 5.74) is 0.442. The van der Waals surface area contributed by atoms with Gasteiger partial charge in [-0.15, -0.1) is 0 Å². The molecule has 2 rings (SSSR count). The number of halogens is 1. The van der Waals surface area contributed by atoms with E-state index in [1.807, 2.05) is 0 Å². The van der Waals surface area contributed by atoms with E-state index in [1.165, 1.54) is 25.3 Å². The first-order valence-electron chi connectivity index (χ1n) is 6.51. The largest absolute Gasteiger partial charge is 0.494 e. The molecule has 1 N–H and O–H groups in total. The number of rotatable bonds is 6. The van der Waals surface area contributed by atoms with Crippen molar-refractivity contribution in [3.05, 3.63) is 35.7 Å². The van der Waals surface area contributed by atoms with Crippen LogP contribution in [-0.4, -0.2) is 23.2 Å². The zero-order valence-corrected chi connectivity index (χ0v) is 11.9. The number of hydrogen-bond acceptors (Lipinski definition) is 5. The van der Waals surface area contributed by atoms with Crippen LogP contribution in [0, 0.1) is 12.7 Å². The normalized spacial score (nSPS) is 10.4. The molecule has 0 saturated heterocycles. The number of anilines is 1. The fourth-order valence-electron chi connectivity index (χ4n) is 1.82. The van der Waals surface area contributed by atoms with Crippen LogP contribution in [-0.2, 0) is 11.2 Å². The number of methoxy groups -OCH3 is 1. The number of carbonyl (C=O) groups is 1. The number of hydrogen-bond donors (Lipinski definition) is 1. The van der Waals surface area contributed by atoms with Gasteiger partial charge in [-0.25, -0.2) is 4.39 Å². The first-order valence-corrected chi connectivity index (χ1v) is 6.51. The third-order valence-electron chi connectivity index (χ3n) is 2.80. The van der Waals surface area contributed by atoms with E-state index < -0.39 is 5.82 Å². The molecule has 0 aliphatic heterocycles. The van der Waals surface area contributed by atoms with E-state index in [4.69, 9.17) is 9.26 Å². The molecule has 1 amide bonds. The number of nitrogens with zero attached hydrogens (tertiary/aromatic N) is 2. The molecule has 0 unspecified atom stereocenters. The van der Waals surface area contributed by atoms with Gasteiger partial charge in [0.25, 0.3) is 0 Å². The second kappa shape index (κ2) is 6.83. The molecule has 2 aromatic rings. The first kappa shape index (κ1) is 15.0. The van der Waals surface area contributed by atoms with Crippen molar-refractivity contribution in [1.29, 1.82) is 0 Å². The molecule has 6 nitrogen and oxygen atoms in total. The molecule has 0 spiro atoms. The second-order valence-electron chi connectivity index (χ2n) is 4.48. The van der Waals surface area contributed by atoms with Crippen molar-refractivity contribution in [3.63, 3.8) is 0 Å². The lowest BCUT2D eigenvalue weighted by Crippen LogP contribution is -2.12. The third-order valence-corrected chi connectivity index (χ3v) is 2.80. The van der Waals surface area contributed by atoms with Crippen molar-refractivity contribution in [2.45, 2.75) is 26.2 Å². The molecule has 0 aliphatic carbocycles. The lowest BCUT2D eigenvalue weighted by Gasteiger charge is -2.09. The molecule has 0 saturated carbocycles. The maximum absolute atomic E-state index is 13.0. The maximum Gasteiger partial charge on any atom is 0.226 e. The van der Waals surface area contributed by atoms with E-state index in [0.717, 1.165) is 0 Å². The minimum Gasteiger partial charge on any atom is -0.494 e. The Morgan fingerprint density at radius 2 is 2.29 bits per heavy atom. The van der Waals surface area contributed by atoms with Gasteiger partial charge in [0.2, 0.25) is 11.8 Å². The van der Waals surface area contributed by atoms with Gasteiger partial charge in [-0.2, -0.15) is 4.98 Å². The number of aryl methyl sites for hydroxylation is 2. The summed E-state index contributed by atoms with van der Waals surface area (Å²) >= 11 is 0. The lowest BCUT2D eigenvalue weighted by molar-refractivity contribution is -0.116. The summed E-state index contributed by atoms with van der Waals surface area (Å²) in [5.74, 6) is 0.772. The van der Waals surface area contributed by atoms with E-state index >= 15 is 0 Å². The fourth-order valence-corrected chi connectivity index (χ4v) is 1.82. The molecule has 0 bridgehead atoms. The van der Waals surface area contributed by atoms with Crippen LogP contribution in [0.3, 0.4) is 0 Å². The van der Waals surface area contributed by atoms with Gasteiger partial charge in [0.1, 0.15) is 11.6 Å². The Morgan fingerprint density at radius 3 is 2.95 bits per heavy atom. The van der Waals surface area contributed by atoms with Crippen molar-refractivity contribution >= 4 is 11.6 Å². The summed E-state index contributed by atoms with van der Waals surface area (Å²) < 4.78 is 23.0. The third kappa shape index (κ3) is 4.27. The summed E-state index contributed by atoms with van der Waals surface area (Å²) in [6.07, 6.45) is 1.41. The molecule has 112 valence electrons. The highest BCUT2D eigenvalue weighted by Crippen LogP contribution is 2.25. The highest BCUT2D eigenvalue weighted by molar-refractivity contribution is 5.92. The van der Waals surface area contributed by atoms with Gasteiger partial charge in [0, 0.05) is 18.9 Å². The molecule has 0 fully saturated rings. The molecule has 0 radical (unpaired) electrons. The Balaban J connectivity index is 1.84. The summed E-state index contributed by atoms with van der Waals surface area (Å²) in [5, 5.41) is 6.36. The summed E-state index contributed by atoms with van der Waals surface area (Å²) in [6.45, 7) is 1.74. The van der Waals surface area contributed by atoms with E-state index in [9.17, 15) is 9.18 Å². The Labute approximate surface area is 121 Å². The fraction of sp³-hybridized carbons (Fsp3) is 0.357. The molecule has 0 atom stereocenters. The molecule has 21 heavy (non-hydrogen) atoms. The van der Waals surface area contributed by atoms with Crippen molar-refractivity contribution in [3.8, 4) is 5.75 Å². The van der Waals surface area contributed by atoms with Gasteiger partial charge in [-0.3, -0.25) is 4.79 Å². The van der Waals surface area contributed by atoms with E-state index in [-0.39, 0.29) is 11.7 Å². The van der Waals surface area contributed by atoms with E-state index in [0.29, 0.717) is 36.7 Å². The quantitative estimate of drug-likeness (QED) is 0.885. The summed E-state index contributed by atoms with van der Waals surface area (Å²) in [4.78, 5) is 15.9. The average Bonchev–Trinajstić information content (AvgIpc) is 2.86.